The van der Waals surface area contributed by atoms with Crippen molar-refractivity contribution in [2.24, 2.45) is 0 Å². The maximum absolute atomic E-state index is 10.2. The maximum atomic E-state index is 10.2. The van der Waals surface area contributed by atoms with Gasteiger partial charge in [0.15, 0.2) is 0 Å². The molecule has 0 aliphatic carbocycles. The zero-order valence-corrected chi connectivity index (χ0v) is 12.5. The second-order valence-electron chi connectivity index (χ2n) is 3.34. The summed E-state index contributed by atoms with van der Waals surface area (Å²) in [4.78, 5) is 20.4. The molecule has 0 spiro atoms. The van der Waals surface area contributed by atoms with E-state index in [1.54, 1.807) is 60.7 Å². The van der Waals surface area contributed by atoms with Crippen LogP contribution >= 0.6 is 0 Å². The van der Waals surface area contributed by atoms with E-state index < -0.39 is 11.9 Å². The molecule has 19 heavy (non-hydrogen) atoms. The van der Waals surface area contributed by atoms with Gasteiger partial charge in [0.25, 0.3) is 0 Å². The molecule has 0 aliphatic heterocycles. The third kappa shape index (κ3) is 6.76. The van der Waals surface area contributed by atoms with Gasteiger partial charge in [0.05, 0.1) is 11.1 Å². The van der Waals surface area contributed by atoms with Gasteiger partial charge in [0.1, 0.15) is 0 Å². The molecule has 0 aliphatic rings. The number of aromatic carboxylic acids is 2. The summed E-state index contributed by atoms with van der Waals surface area (Å²) in [6.45, 7) is 0. The van der Waals surface area contributed by atoms with Crippen molar-refractivity contribution in [2.45, 2.75) is 0 Å². The fourth-order valence-corrected chi connectivity index (χ4v) is 1.16. The number of carboxylic acid groups (broad SMARTS) is 2. The summed E-state index contributed by atoms with van der Waals surface area (Å²) in [5.74, 6) is -1.76. The fraction of sp³-hybridized carbons (Fsp3) is 0. The molecule has 0 unspecified atom stereocenters. The zero-order chi connectivity index (χ0) is 13.4. The maximum Gasteiger partial charge on any atom is 0.335 e. The Kier molecular flexibility index (Phi) is 8.53. The predicted octanol–water partition coefficient (Wildman–Crippen LogP) is 2.39. The third-order valence-corrected chi connectivity index (χ3v) is 2.04. The van der Waals surface area contributed by atoms with Crippen LogP contribution in [0.1, 0.15) is 20.7 Å². The van der Waals surface area contributed by atoms with Crippen LogP contribution in [-0.4, -0.2) is 51.7 Å². The molecule has 0 saturated heterocycles. The Labute approximate surface area is 133 Å². The van der Waals surface area contributed by atoms with E-state index in [1.807, 2.05) is 0 Å². The summed E-state index contributed by atoms with van der Waals surface area (Å²) in [6, 6.07) is 16.6. The second-order valence-corrected chi connectivity index (χ2v) is 3.34. The minimum absolute atomic E-state index is 0. The summed E-state index contributed by atoms with van der Waals surface area (Å²) in [5.41, 5.74) is 0.662. The monoisotopic (exact) mass is 267 g/mol. The van der Waals surface area contributed by atoms with Crippen LogP contribution in [0.4, 0.5) is 0 Å². The molecule has 0 aromatic heterocycles. The van der Waals surface area contributed by atoms with Crippen molar-refractivity contribution in [1.29, 1.82) is 0 Å². The molecule has 0 fully saturated rings. The molecule has 2 N–H and O–H groups in total. The number of rotatable bonds is 2. The van der Waals surface area contributed by atoms with Crippen molar-refractivity contribution in [3.8, 4) is 0 Å². The summed E-state index contributed by atoms with van der Waals surface area (Å²) < 4.78 is 0. The van der Waals surface area contributed by atoms with Gasteiger partial charge < -0.3 is 10.2 Å². The Balaban J connectivity index is 0.000000324. The van der Waals surface area contributed by atoms with Crippen LogP contribution in [0.15, 0.2) is 60.7 Å². The number of carbonyl (C=O) groups is 2. The van der Waals surface area contributed by atoms with Gasteiger partial charge in [-0.05, 0) is 24.3 Å². The smallest absolute Gasteiger partial charge is 0.335 e. The van der Waals surface area contributed by atoms with Crippen molar-refractivity contribution in [2.75, 3.05) is 0 Å². The molecule has 1 radical (unpaired) electrons. The number of carboxylic acids is 2. The van der Waals surface area contributed by atoms with Gasteiger partial charge in [0, 0.05) is 29.6 Å². The first-order valence-corrected chi connectivity index (χ1v) is 5.18. The molecule has 2 aromatic rings. The molecular weight excluding hydrogens is 255 g/mol. The molecule has 5 heteroatoms. The van der Waals surface area contributed by atoms with Crippen molar-refractivity contribution in [3.63, 3.8) is 0 Å². The topological polar surface area (TPSA) is 74.6 Å². The Morgan fingerprint density at radius 2 is 0.895 bits per heavy atom. The van der Waals surface area contributed by atoms with Gasteiger partial charge in [-0.1, -0.05) is 36.4 Å². The minimum Gasteiger partial charge on any atom is -0.478 e. The largest absolute Gasteiger partial charge is 0.478 e. The Hall–Kier alpha value is -1.62. The molecule has 0 bridgehead atoms. The van der Waals surface area contributed by atoms with E-state index in [-0.39, 0.29) is 29.6 Å². The van der Waals surface area contributed by atoms with Crippen LogP contribution in [0.2, 0.25) is 0 Å². The zero-order valence-electron chi connectivity index (χ0n) is 10.5. The normalized spacial score (nSPS) is 8.42. The van der Waals surface area contributed by atoms with Crippen LogP contribution in [0.5, 0.6) is 0 Å². The van der Waals surface area contributed by atoms with Crippen LogP contribution in [0.25, 0.3) is 0 Å². The first-order valence-electron chi connectivity index (χ1n) is 5.18. The Morgan fingerprint density at radius 1 is 0.632 bits per heavy atom. The van der Waals surface area contributed by atoms with E-state index >= 15 is 0 Å². The van der Waals surface area contributed by atoms with Gasteiger partial charge in [-0.15, -0.1) is 0 Å². The van der Waals surface area contributed by atoms with Gasteiger partial charge in [0.2, 0.25) is 0 Å². The first-order chi connectivity index (χ1) is 8.61. The fourth-order valence-electron chi connectivity index (χ4n) is 1.16. The van der Waals surface area contributed by atoms with Crippen molar-refractivity contribution in [3.05, 3.63) is 71.8 Å². The average Bonchev–Trinajstić information content (AvgIpc) is 2.41. The quantitative estimate of drug-likeness (QED) is 0.819. The van der Waals surface area contributed by atoms with Gasteiger partial charge >= 0.3 is 11.9 Å². The molecule has 4 nitrogen and oxygen atoms in total. The van der Waals surface area contributed by atoms with E-state index in [9.17, 15) is 9.59 Å². The van der Waals surface area contributed by atoms with Gasteiger partial charge in [-0.3, -0.25) is 0 Å². The summed E-state index contributed by atoms with van der Waals surface area (Å²) in [7, 11) is 0. The molecule has 0 amide bonds. The molecule has 0 heterocycles. The molecule has 2 rings (SSSR count). The predicted molar refractivity (Wildman–Crippen MR) is 72.6 cm³/mol. The Bertz CT molecular complexity index is 462. The van der Waals surface area contributed by atoms with E-state index in [1.165, 1.54) is 0 Å². The Morgan fingerprint density at radius 3 is 1.05 bits per heavy atom. The van der Waals surface area contributed by atoms with Crippen molar-refractivity contribution in [1.82, 2.24) is 0 Å². The van der Waals surface area contributed by atoms with Crippen LogP contribution in [0.3, 0.4) is 0 Å². The van der Waals surface area contributed by atoms with E-state index in [0.29, 0.717) is 11.1 Å². The van der Waals surface area contributed by atoms with E-state index in [2.05, 4.69) is 0 Å². The standard InChI is InChI=1S/2C7H6O2.Na/c2*8-7(9)6-4-2-1-3-5-6;/h2*1-5H,(H,8,9);. The van der Waals surface area contributed by atoms with Gasteiger partial charge in [-0.25, -0.2) is 9.59 Å². The minimum atomic E-state index is -0.879. The number of hydrogen-bond donors (Lipinski definition) is 2. The first kappa shape index (κ1) is 17.4. The van der Waals surface area contributed by atoms with E-state index in [4.69, 9.17) is 10.2 Å². The molecule has 93 valence electrons. The molecular formula is C14H12NaO4. The molecule has 0 saturated carbocycles. The average molecular weight is 267 g/mol. The van der Waals surface area contributed by atoms with Crippen molar-refractivity contribution < 1.29 is 19.8 Å². The number of hydrogen-bond acceptors (Lipinski definition) is 2. The summed E-state index contributed by atoms with van der Waals surface area (Å²) in [5, 5.41) is 16.8. The van der Waals surface area contributed by atoms with Crippen LogP contribution in [-0.2, 0) is 0 Å². The molecule has 0 atom stereocenters. The van der Waals surface area contributed by atoms with E-state index in [0.717, 1.165) is 0 Å². The summed E-state index contributed by atoms with van der Waals surface area (Å²) >= 11 is 0. The van der Waals surface area contributed by atoms with Crippen LogP contribution in [0, 0.1) is 0 Å². The molecule has 2 aromatic carbocycles. The third-order valence-electron chi connectivity index (χ3n) is 2.04. The van der Waals surface area contributed by atoms with Gasteiger partial charge in [-0.2, -0.15) is 0 Å². The number of benzene rings is 2. The van der Waals surface area contributed by atoms with Crippen molar-refractivity contribution >= 4 is 41.5 Å². The second kappa shape index (κ2) is 9.33. The SMILES string of the molecule is O=C(O)c1ccccc1.O=C(O)c1ccccc1.[Na]. The van der Waals surface area contributed by atoms with Crippen LogP contribution < -0.4 is 0 Å². The summed E-state index contributed by atoms with van der Waals surface area (Å²) in [6.07, 6.45) is 0.